The number of hydrogen-bond donors (Lipinski definition) is 1. The van der Waals surface area contributed by atoms with Gasteiger partial charge in [-0.15, -0.1) is 10.2 Å². The number of benzene rings is 1. The maximum Gasteiger partial charge on any atom is 0.252 e. The second-order valence-corrected chi connectivity index (χ2v) is 6.41. The Morgan fingerprint density at radius 2 is 2.35 bits per heavy atom. The van der Waals surface area contributed by atoms with Crippen LogP contribution in [0.2, 0.25) is 5.02 Å². The summed E-state index contributed by atoms with van der Waals surface area (Å²) in [5.41, 5.74) is 1.11. The van der Waals surface area contributed by atoms with E-state index in [-0.39, 0.29) is 12.5 Å². The first kappa shape index (κ1) is 15.2. The van der Waals surface area contributed by atoms with Crippen molar-refractivity contribution in [3.8, 4) is 0 Å². The molecule has 1 aromatic heterocycles. The highest BCUT2D eigenvalue weighted by atomic mass is 35.5. The zero-order valence-electron chi connectivity index (χ0n) is 10.6. The lowest BCUT2D eigenvalue weighted by atomic mass is 10.2. The highest BCUT2D eigenvalue weighted by Gasteiger charge is 2.08. The molecule has 106 valence electrons. The van der Waals surface area contributed by atoms with Gasteiger partial charge in [-0.3, -0.25) is 10.1 Å². The molecular formula is C12H12ClN3O2S2. The van der Waals surface area contributed by atoms with Crippen LogP contribution < -0.4 is 5.32 Å². The van der Waals surface area contributed by atoms with Crippen molar-refractivity contribution in [3.63, 3.8) is 0 Å². The fourth-order valence-electron chi connectivity index (χ4n) is 1.38. The first-order valence-corrected chi connectivity index (χ1v) is 7.85. The van der Waals surface area contributed by atoms with Crippen molar-refractivity contribution in [1.29, 1.82) is 0 Å². The standard InChI is InChI=1S/C12H12ClN3O2S2/c1-18-6-10(17)14-11-15-16-12(20-11)19-7-8-3-2-4-9(13)5-8/h2-5H,6-7H2,1H3,(H,14,15,17). The van der Waals surface area contributed by atoms with Gasteiger partial charge in [0.2, 0.25) is 5.13 Å². The number of hydrogen-bond acceptors (Lipinski definition) is 6. The van der Waals surface area contributed by atoms with E-state index in [4.69, 9.17) is 16.3 Å². The molecule has 2 aromatic rings. The van der Waals surface area contributed by atoms with Crippen LogP contribution in [0.1, 0.15) is 5.56 Å². The Bertz CT molecular complexity index is 592. The van der Waals surface area contributed by atoms with Crippen LogP contribution in [0, 0.1) is 0 Å². The fourth-order valence-corrected chi connectivity index (χ4v) is 3.30. The van der Waals surface area contributed by atoms with Gasteiger partial charge in [-0.1, -0.05) is 46.8 Å². The van der Waals surface area contributed by atoms with Crippen LogP contribution in [-0.2, 0) is 15.3 Å². The van der Waals surface area contributed by atoms with Crippen LogP contribution in [0.4, 0.5) is 5.13 Å². The molecule has 0 unspecified atom stereocenters. The van der Waals surface area contributed by atoms with Gasteiger partial charge in [-0.2, -0.15) is 0 Å². The molecule has 0 saturated heterocycles. The van der Waals surface area contributed by atoms with Crippen molar-refractivity contribution in [1.82, 2.24) is 10.2 Å². The molecule has 5 nitrogen and oxygen atoms in total. The maximum atomic E-state index is 11.3. The molecule has 0 fully saturated rings. The summed E-state index contributed by atoms with van der Waals surface area (Å²) in [5.74, 6) is 0.510. The molecule has 8 heteroatoms. The highest BCUT2D eigenvalue weighted by molar-refractivity contribution is 8.00. The van der Waals surface area contributed by atoms with Gasteiger partial charge in [0, 0.05) is 17.9 Å². The molecule has 1 N–H and O–H groups in total. The molecule has 20 heavy (non-hydrogen) atoms. The van der Waals surface area contributed by atoms with E-state index in [1.54, 1.807) is 11.8 Å². The monoisotopic (exact) mass is 329 g/mol. The quantitative estimate of drug-likeness (QED) is 0.651. The largest absolute Gasteiger partial charge is 0.375 e. The third-order valence-corrected chi connectivity index (χ3v) is 4.46. The van der Waals surface area contributed by atoms with Crippen molar-refractivity contribution < 1.29 is 9.53 Å². The first-order valence-electron chi connectivity index (χ1n) is 5.67. The summed E-state index contributed by atoms with van der Waals surface area (Å²) in [4.78, 5) is 11.3. The average molecular weight is 330 g/mol. The molecule has 1 aromatic carbocycles. The van der Waals surface area contributed by atoms with E-state index in [9.17, 15) is 4.79 Å². The Morgan fingerprint density at radius 1 is 1.50 bits per heavy atom. The van der Waals surface area contributed by atoms with Gasteiger partial charge >= 0.3 is 0 Å². The maximum absolute atomic E-state index is 11.3. The molecule has 0 aliphatic heterocycles. The molecular weight excluding hydrogens is 318 g/mol. The zero-order chi connectivity index (χ0) is 14.4. The number of amides is 1. The smallest absolute Gasteiger partial charge is 0.252 e. The Kier molecular flexibility index (Phi) is 5.78. The topological polar surface area (TPSA) is 64.1 Å². The van der Waals surface area contributed by atoms with Crippen LogP contribution >= 0.6 is 34.7 Å². The van der Waals surface area contributed by atoms with Gasteiger partial charge < -0.3 is 4.74 Å². The van der Waals surface area contributed by atoms with E-state index < -0.39 is 0 Å². The van der Waals surface area contributed by atoms with E-state index in [0.29, 0.717) is 10.2 Å². The van der Waals surface area contributed by atoms with E-state index in [2.05, 4.69) is 15.5 Å². The lowest BCUT2D eigenvalue weighted by Crippen LogP contribution is -2.16. The minimum atomic E-state index is -0.241. The average Bonchev–Trinajstić information content (AvgIpc) is 2.84. The Balaban J connectivity index is 1.88. The van der Waals surface area contributed by atoms with Crippen molar-refractivity contribution in [2.75, 3.05) is 19.0 Å². The summed E-state index contributed by atoms with van der Waals surface area (Å²) in [7, 11) is 1.46. The summed E-state index contributed by atoms with van der Waals surface area (Å²) in [6, 6.07) is 7.66. The molecule has 0 spiro atoms. The van der Waals surface area contributed by atoms with Crippen LogP contribution in [0.25, 0.3) is 0 Å². The summed E-state index contributed by atoms with van der Waals surface area (Å²) in [5, 5.41) is 11.7. The summed E-state index contributed by atoms with van der Waals surface area (Å²) >= 11 is 8.80. The number of anilines is 1. The zero-order valence-corrected chi connectivity index (χ0v) is 13.0. The Labute approximate surface area is 129 Å². The number of rotatable bonds is 6. The third kappa shape index (κ3) is 4.75. The molecule has 0 bridgehead atoms. The van der Waals surface area contributed by atoms with Gasteiger partial charge in [0.1, 0.15) is 6.61 Å². The fraction of sp³-hybridized carbons (Fsp3) is 0.250. The van der Waals surface area contributed by atoms with Crippen LogP contribution in [0.5, 0.6) is 0 Å². The van der Waals surface area contributed by atoms with E-state index in [0.717, 1.165) is 15.7 Å². The number of aromatic nitrogens is 2. The number of halogens is 1. The predicted molar refractivity (Wildman–Crippen MR) is 81.4 cm³/mol. The van der Waals surface area contributed by atoms with Crippen LogP contribution in [0.15, 0.2) is 28.6 Å². The lowest BCUT2D eigenvalue weighted by Gasteiger charge is -1.99. The summed E-state index contributed by atoms with van der Waals surface area (Å²) < 4.78 is 5.52. The molecule has 0 radical (unpaired) electrons. The second kappa shape index (κ2) is 7.58. The number of nitrogens with one attached hydrogen (secondary N) is 1. The van der Waals surface area contributed by atoms with E-state index in [1.807, 2.05) is 24.3 Å². The predicted octanol–water partition coefficient (Wildman–Crippen LogP) is 3.07. The number of thioether (sulfide) groups is 1. The number of carbonyl (C=O) groups excluding carboxylic acids is 1. The second-order valence-electron chi connectivity index (χ2n) is 3.77. The van der Waals surface area contributed by atoms with Gasteiger partial charge in [-0.05, 0) is 17.7 Å². The minimum absolute atomic E-state index is 0.00453. The van der Waals surface area contributed by atoms with Crippen molar-refractivity contribution in [2.24, 2.45) is 0 Å². The molecule has 1 amide bonds. The molecule has 0 aliphatic rings. The molecule has 0 atom stereocenters. The van der Waals surface area contributed by atoms with Gasteiger partial charge in [0.25, 0.3) is 5.91 Å². The normalized spacial score (nSPS) is 10.5. The van der Waals surface area contributed by atoms with Crippen LogP contribution in [0.3, 0.4) is 0 Å². The van der Waals surface area contributed by atoms with Crippen molar-refractivity contribution >= 4 is 45.7 Å². The summed E-state index contributed by atoms with van der Waals surface area (Å²) in [6.07, 6.45) is 0. The minimum Gasteiger partial charge on any atom is -0.375 e. The van der Waals surface area contributed by atoms with Crippen molar-refractivity contribution in [2.45, 2.75) is 10.1 Å². The van der Waals surface area contributed by atoms with E-state index in [1.165, 1.54) is 18.4 Å². The number of methoxy groups -OCH3 is 1. The number of carbonyl (C=O) groups is 1. The summed E-state index contributed by atoms with van der Waals surface area (Å²) in [6.45, 7) is 0.00453. The third-order valence-electron chi connectivity index (χ3n) is 2.18. The van der Waals surface area contributed by atoms with Crippen LogP contribution in [-0.4, -0.2) is 29.8 Å². The molecule has 0 aliphatic carbocycles. The molecule has 0 saturated carbocycles. The Hall–Kier alpha value is -1.15. The van der Waals surface area contributed by atoms with Gasteiger partial charge in [0.15, 0.2) is 4.34 Å². The Morgan fingerprint density at radius 3 is 3.10 bits per heavy atom. The van der Waals surface area contributed by atoms with Gasteiger partial charge in [0.05, 0.1) is 0 Å². The number of nitrogens with zero attached hydrogens (tertiary/aromatic N) is 2. The van der Waals surface area contributed by atoms with Crippen molar-refractivity contribution in [3.05, 3.63) is 34.9 Å². The highest BCUT2D eigenvalue weighted by Crippen LogP contribution is 2.28. The lowest BCUT2D eigenvalue weighted by molar-refractivity contribution is -0.119. The SMILES string of the molecule is COCC(=O)Nc1nnc(SCc2cccc(Cl)c2)s1. The van der Waals surface area contributed by atoms with Gasteiger partial charge in [-0.25, -0.2) is 0 Å². The number of ether oxygens (including phenoxy) is 1. The molecule has 1 heterocycles. The first-order chi connectivity index (χ1) is 9.67. The van der Waals surface area contributed by atoms with E-state index >= 15 is 0 Å². The molecule has 2 rings (SSSR count).